The second-order valence-electron chi connectivity index (χ2n) is 4.72. The van der Waals surface area contributed by atoms with E-state index in [1.165, 1.54) is 18.2 Å². The first-order valence-electron chi connectivity index (χ1n) is 6.51. The molecule has 0 aliphatic heterocycles. The topological polar surface area (TPSA) is 44.5 Å². The van der Waals surface area contributed by atoms with Crippen LogP contribution >= 0.6 is 11.6 Å². The smallest absolute Gasteiger partial charge is 0.161 e. The maximum atomic E-state index is 13.2. The zero-order chi connectivity index (χ0) is 15.4. The number of benzene rings is 2. The largest absolute Gasteiger partial charge is 0.493 e. The molecule has 5 heteroatoms. The molecular formula is C16H17ClFNO2. The summed E-state index contributed by atoms with van der Waals surface area (Å²) < 4.78 is 24.2. The lowest BCUT2D eigenvalue weighted by atomic mass is 10.1. The van der Waals surface area contributed by atoms with Gasteiger partial charge in [0.25, 0.3) is 0 Å². The normalized spacial score (nSPS) is 12.0. The van der Waals surface area contributed by atoms with Gasteiger partial charge < -0.3 is 15.2 Å². The van der Waals surface area contributed by atoms with Crippen molar-refractivity contribution in [3.05, 3.63) is 58.4 Å². The molecule has 0 saturated heterocycles. The van der Waals surface area contributed by atoms with Gasteiger partial charge in [-0.1, -0.05) is 17.7 Å². The summed E-state index contributed by atoms with van der Waals surface area (Å²) >= 11 is 6.01. The number of halogens is 2. The van der Waals surface area contributed by atoms with Crippen LogP contribution in [0.2, 0.25) is 5.02 Å². The van der Waals surface area contributed by atoms with Crippen LogP contribution in [0.3, 0.4) is 0 Å². The molecule has 0 radical (unpaired) electrons. The zero-order valence-electron chi connectivity index (χ0n) is 11.9. The highest BCUT2D eigenvalue weighted by molar-refractivity contribution is 6.31. The second kappa shape index (κ2) is 6.78. The maximum absolute atomic E-state index is 13.2. The third-order valence-electron chi connectivity index (χ3n) is 3.10. The van der Waals surface area contributed by atoms with Gasteiger partial charge in [0.15, 0.2) is 11.5 Å². The molecule has 3 nitrogen and oxygen atoms in total. The molecule has 2 aromatic carbocycles. The van der Waals surface area contributed by atoms with Crippen LogP contribution in [0.1, 0.15) is 24.1 Å². The van der Waals surface area contributed by atoms with E-state index < -0.39 is 0 Å². The van der Waals surface area contributed by atoms with Crippen molar-refractivity contribution < 1.29 is 13.9 Å². The van der Waals surface area contributed by atoms with Crippen molar-refractivity contribution in [2.24, 2.45) is 5.73 Å². The molecule has 112 valence electrons. The average molecular weight is 310 g/mol. The summed E-state index contributed by atoms with van der Waals surface area (Å²) in [6.07, 6.45) is 0. The monoisotopic (exact) mass is 309 g/mol. The Balaban J connectivity index is 2.18. The predicted molar refractivity (Wildman–Crippen MR) is 81.3 cm³/mol. The van der Waals surface area contributed by atoms with Crippen LogP contribution in [0.15, 0.2) is 36.4 Å². The van der Waals surface area contributed by atoms with Gasteiger partial charge in [-0.05, 0) is 42.8 Å². The summed E-state index contributed by atoms with van der Waals surface area (Å²) in [7, 11) is 1.56. The molecule has 0 spiro atoms. The first-order chi connectivity index (χ1) is 10.0. The maximum Gasteiger partial charge on any atom is 0.161 e. The van der Waals surface area contributed by atoms with Gasteiger partial charge in [-0.3, -0.25) is 0 Å². The summed E-state index contributed by atoms with van der Waals surface area (Å²) in [6, 6.07) is 9.56. The number of ether oxygens (including phenoxy) is 2. The summed E-state index contributed by atoms with van der Waals surface area (Å²) in [5, 5.41) is 0.461. The molecule has 2 aromatic rings. The molecule has 0 aliphatic carbocycles. The molecule has 0 amide bonds. The minimum atomic E-state index is -0.350. The Hall–Kier alpha value is -1.78. The Labute approximate surface area is 128 Å². The van der Waals surface area contributed by atoms with Gasteiger partial charge in [-0.25, -0.2) is 4.39 Å². The van der Waals surface area contributed by atoms with Crippen LogP contribution in [0.5, 0.6) is 11.5 Å². The second-order valence-corrected chi connectivity index (χ2v) is 5.13. The number of nitrogens with two attached hydrogens (primary N) is 1. The van der Waals surface area contributed by atoms with Crippen LogP contribution in [-0.2, 0) is 6.61 Å². The molecule has 0 saturated carbocycles. The van der Waals surface area contributed by atoms with E-state index in [0.717, 1.165) is 5.56 Å². The van der Waals surface area contributed by atoms with Crippen LogP contribution in [0, 0.1) is 5.82 Å². The number of rotatable bonds is 5. The van der Waals surface area contributed by atoms with E-state index in [1.54, 1.807) is 13.2 Å². The van der Waals surface area contributed by atoms with Crippen LogP contribution < -0.4 is 15.2 Å². The number of methoxy groups -OCH3 is 1. The standard InChI is InChI=1S/C16H17ClFNO2/c1-10(19)11-3-6-15(16(8-11)20-2)21-9-12-7-13(18)4-5-14(12)17/h3-8,10H,9,19H2,1-2H3. The summed E-state index contributed by atoms with van der Waals surface area (Å²) in [5.41, 5.74) is 7.36. The lowest BCUT2D eigenvalue weighted by Crippen LogP contribution is -2.06. The molecule has 0 heterocycles. The summed E-state index contributed by atoms with van der Waals surface area (Å²) in [6.45, 7) is 2.05. The lowest BCUT2D eigenvalue weighted by molar-refractivity contribution is 0.284. The SMILES string of the molecule is COc1cc(C(C)N)ccc1OCc1cc(F)ccc1Cl. The van der Waals surface area contributed by atoms with Crippen LogP contribution in [-0.4, -0.2) is 7.11 Å². The van der Waals surface area contributed by atoms with Gasteiger partial charge in [0.1, 0.15) is 12.4 Å². The van der Waals surface area contributed by atoms with Gasteiger partial charge in [-0.2, -0.15) is 0 Å². The third-order valence-corrected chi connectivity index (χ3v) is 3.47. The molecular weight excluding hydrogens is 293 g/mol. The Bertz CT molecular complexity index is 632. The van der Waals surface area contributed by atoms with E-state index in [0.29, 0.717) is 22.1 Å². The van der Waals surface area contributed by atoms with Gasteiger partial charge in [0.05, 0.1) is 7.11 Å². The fraction of sp³-hybridized carbons (Fsp3) is 0.250. The molecule has 1 atom stereocenters. The van der Waals surface area contributed by atoms with Crippen molar-refractivity contribution >= 4 is 11.6 Å². The van der Waals surface area contributed by atoms with Crippen molar-refractivity contribution in [2.75, 3.05) is 7.11 Å². The van der Waals surface area contributed by atoms with Crippen molar-refractivity contribution in [3.8, 4) is 11.5 Å². The number of hydrogen-bond acceptors (Lipinski definition) is 3. The molecule has 0 aromatic heterocycles. The van der Waals surface area contributed by atoms with Crippen molar-refractivity contribution in [1.82, 2.24) is 0 Å². The highest BCUT2D eigenvalue weighted by Gasteiger charge is 2.10. The van der Waals surface area contributed by atoms with Crippen molar-refractivity contribution in [2.45, 2.75) is 19.6 Å². The minimum absolute atomic E-state index is 0.0920. The van der Waals surface area contributed by atoms with E-state index in [-0.39, 0.29) is 18.5 Å². The van der Waals surface area contributed by atoms with E-state index >= 15 is 0 Å². The lowest BCUT2D eigenvalue weighted by Gasteiger charge is -2.14. The average Bonchev–Trinajstić information content (AvgIpc) is 2.47. The fourth-order valence-corrected chi connectivity index (χ4v) is 2.07. The van der Waals surface area contributed by atoms with E-state index in [1.807, 2.05) is 19.1 Å². The Morgan fingerprint density at radius 1 is 1.19 bits per heavy atom. The highest BCUT2D eigenvalue weighted by atomic mass is 35.5. The van der Waals surface area contributed by atoms with Gasteiger partial charge in [0, 0.05) is 16.6 Å². The molecule has 2 rings (SSSR count). The van der Waals surface area contributed by atoms with Crippen molar-refractivity contribution in [3.63, 3.8) is 0 Å². The Morgan fingerprint density at radius 3 is 2.62 bits per heavy atom. The van der Waals surface area contributed by atoms with E-state index in [2.05, 4.69) is 0 Å². The Morgan fingerprint density at radius 2 is 1.95 bits per heavy atom. The first-order valence-corrected chi connectivity index (χ1v) is 6.89. The van der Waals surface area contributed by atoms with E-state index in [9.17, 15) is 4.39 Å². The molecule has 0 aliphatic rings. The van der Waals surface area contributed by atoms with Crippen LogP contribution in [0.4, 0.5) is 4.39 Å². The molecule has 0 fully saturated rings. The minimum Gasteiger partial charge on any atom is -0.493 e. The summed E-state index contributed by atoms with van der Waals surface area (Å²) in [5.74, 6) is 0.789. The Kier molecular flexibility index (Phi) is 5.04. The zero-order valence-corrected chi connectivity index (χ0v) is 12.7. The van der Waals surface area contributed by atoms with E-state index in [4.69, 9.17) is 26.8 Å². The predicted octanol–water partition coefficient (Wildman–Crippen LogP) is 4.09. The van der Waals surface area contributed by atoms with Gasteiger partial charge in [0.2, 0.25) is 0 Å². The van der Waals surface area contributed by atoms with Crippen molar-refractivity contribution in [1.29, 1.82) is 0 Å². The molecule has 0 bridgehead atoms. The molecule has 1 unspecified atom stereocenters. The quantitative estimate of drug-likeness (QED) is 0.905. The fourth-order valence-electron chi connectivity index (χ4n) is 1.90. The van der Waals surface area contributed by atoms with Gasteiger partial charge in [-0.15, -0.1) is 0 Å². The molecule has 2 N–H and O–H groups in total. The first kappa shape index (κ1) is 15.6. The highest BCUT2D eigenvalue weighted by Crippen LogP contribution is 2.31. The van der Waals surface area contributed by atoms with Crippen LogP contribution in [0.25, 0.3) is 0 Å². The summed E-state index contributed by atoms with van der Waals surface area (Å²) in [4.78, 5) is 0. The molecule has 21 heavy (non-hydrogen) atoms. The number of hydrogen-bond donors (Lipinski definition) is 1. The van der Waals surface area contributed by atoms with Gasteiger partial charge >= 0.3 is 0 Å². The third kappa shape index (κ3) is 3.86.